The number of nitrogens with zero attached hydrogens (tertiary/aromatic N) is 1. The van der Waals surface area contributed by atoms with Crippen molar-refractivity contribution in [2.75, 3.05) is 0 Å². The lowest BCUT2D eigenvalue weighted by Crippen LogP contribution is -2.17. The van der Waals surface area contributed by atoms with Gasteiger partial charge in [0.25, 0.3) is 5.91 Å². The lowest BCUT2D eigenvalue weighted by atomic mass is 10.2. The van der Waals surface area contributed by atoms with Crippen molar-refractivity contribution in [3.8, 4) is 11.3 Å². The van der Waals surface area contributed by atoms with Crippen molar-refractivity contribution in [2.24, 2.45) is 5.10 Å². The van der Waals surface area contributed by atoms with Crippen LogP contribution in [0.1, 0.15) is 21.9 Å². The van der Waals surface area contributed by atoms with Gasteiger partial charge in [0.15, 0.2) is 0 Å². The number of nitrogens with one attached hydrogen (secondary N) is 1. The zero-order valence-electron chi connectivity index (χ0n) is 12.2. The molecular weight excluding hydrogens is 316 g/mol. The molecule has 0 atom stereocenters. The molecule has 0 aliphatic heterocycles. The van der Waals surface area contributed by atoms with Gasteiger partial charge in [-0.25, -0.2) is 5.43 Å². The summed E-state index contributed by atoms with van der Waals surface area (Å²) in [6, 6.07) is 12.5. The van der Waals surface area contributed by atoms with Gasteiger partial charge in [0, 0.05) is 10.6 Å². The van der Waals surface area contributed by atoms with Crippen molar-refractivity contribution in [1.29, 1.82) is 0 Å². The molecule has 1 aromatic carbocycles. The first-order valence-corrected chi connectivity index (χ1v) is 7.24. The van der Waals surface area contributed by atoms with Crippen molar-refractivity contribution < 1.29 is 13.6 Å². The molecule has 0 radical (unpaired) electrons. The number of hydrogen-bond donors (Lipinski definition) is 1. The lowest BCUT2D eigenvalue weighted by molar-refractivity contribution is 0.0953. The van der Waals surface area contributed by atoms with E-state index >= 15 is 0 Å². The Hall–Kier alpha value is -2.79. The standard InChI is InChI=1S/C17H13ClN2O3/c1-11-15(8-9-22-11)17(21)20-19-10-14-6-7-16(23-14)12-2-4-13(18)5-3-12/h2-10H,1H3,(H,20,21)/b19-10+. The highest BCUT2D eigenvalue weighted by Crippen LogP contribution is 2.23. The van der Waals surface area contributed by atoms with Crippen LogP contribution in [0.15, 0.2) is 62.7 Å². The highest BCUT2D eigenvalue weighted by atomic mass is 35.5. The van der Waals surface area contributed by atoms with Crippen LogP contribution in [0.4, 0.5) is 0 Å². The highest BCUT2D eigenvalue weighted by molar-refractivity contribution is 6.30. The highest BCUT2D eigenvalue weighted by Gasteiger charge is 2.10. The number of halogens is 1. The van der Waals surface area contributed by atoms with Crippen LogP contribution >= 0.6 is 11.6 Å². The second kappa shape index (κ2) is 6.54. The molecule has 0 aliphatic carbocycles. The summed E-state index contributed by atoms with van der Waals surface area (Å²) >= 11 is 5.86. The minimum absolute atomic E-state index is 0.336. The first-order valence-electron chi connectivity index (χ1n) is 6.87. The molecule has 1 N–H and O–H groups in total. The zero-order valence-corrected chi connectivity index (χ0v) is 13.0. The van der Waals surface area contributed by atoms with E-state index in [0.29, 0.717) is 27.9 Å². The predicted octanol–water partition coefficient (Wildman–Crippen LogP) is 4.27. The fourth-order valence-electron chi connectivity index (χ4n) is 2.03. The molecule has 23 heavy (non-hydrogen) atoms. The molecule has 0 spiro atoms. The average molecular weight is 329 g/mol. The van der Waals surface area contributed by atoms with Crippen LogP contribution in [0, 0.1) is 6.92 Å². The van der Waals surface area contributed by atoms with Gasteiger partial charge < -0.3 is 8.83 Å². The van der Waals surface area contributed by atoms with Crippen molar-refractivity contribution in [2.45, 2.75) is 6.92 Å². The number of aryl methyl sites for hydroxylation is 1. The van der Waals surface area contributed by atoms with Crippen molar-refractivity contribution in [3.63, 3.8) is 0 Å². The summed E-state index contributed by atoms with van der Waals surface area (Å²) in [4.78, 5) is 11.8. The Kier molecular flexibility index (Phi) is 4.30. The van der Waals surface area contributed by atoms with E-state index in [1.807, 2.05) is 18.2 Å². The summed E-state index contributed by atoms with van der Waals surface area (Å²) < 4.78 is 10.7. The Bertz CT molecular complexity index is 847. The molecule has 1 amide bonds. The molecule has 0 saturated heterocycles. The van der Waals surface area contributed by atoms with E-state index < -0.39 is 0 Å². The molecule has 3 aromatic rings. The summed E-state index contributed by atoms with van der Waals surface area (Å²) in [5.74, 6) is 1.43. The average Bonchev–Trinajstić information content (AvgIpc) is 3.17. The van der Waals surface area contributed by atoms with Crippen LogP contribution in [0.3, 0.4) is 0 Å². The third-order valence-electron chi connectivity index (χ3n) is 3.22. The molecule has 0 saturated carbocycles. The molecule has 5 nitrogen and oxygen atoms in total. The summed E-state index contributed by atoms with van der Waals surface area (Å²) in [5, 5.41) is 4.54. The van der Waals surface area contributed by atoms with Crippen molar-refractivity contribution in [1.82, 2.24) is 5.43 Å². The van der Waals surface area contributed by atoms with Gasteiger partial charge in [0.2, 0.25) is 0 Å². The van der Waals surface area contributed by atoms with Gasteiger partial charge in [0.05, 0.1) is 18.0 Å². The third-order valence-corrected chi connectivity index (χ3v) is 3.47. The zero-order chi connectivity index (χ0) is 16.2. The number of hydrogen-bond acceptors (Lipinski definition) is 4. The normalized spacial score (nSPS) is 11.0. The first kappa shape index (κ1) is 15.1. The Morgan fingerprint density at radius 3 is 2.65 bits per heavy atom. The molecule has 2 aromatic heterocycles. The van der Waals surface area contributed by atoms with Gasteiger partial charge >= 0.3 is 0 Å². The van der Waals surface area contributed by atoms with Crippen molar-refractivity contribution in [3.05, 3.63) is 70.8 Å². The minimum atomic E-state index is -0.336. The van der Waals surface area contributed by atoms with E-state index in [1.54, 1.807) is 31.2 Å². The van der Waals surface area contributed by atoms with Crippen LogP contribution in [0.25, 0.3) is 11.3 Å². The van der Waals surface area contributed by atoms with E-state index in [-0.39, 0.29) is 5.91 Å². The SMILES string of the molecule is Cc1occc1C(=O)N/N=C/c1ccc(-c2ccc(Cl)cc2)o1. The molecule has 3 rings (SSSR count). The largest absolute Gasteiger partial charge is 0.469 e. The third kappa shape index (κ3) is 3.52. The fourth-order valence-corrected chi connectivity index (χ4v) is 2.15. The number of amides is 1. The number of benzene rings is 1. The van der Waals surface area contributed by atoms with Crippen LogP contribution in [-0.2, 0) is 0 Å². The summed E-state index contributed by atoms with van der Waals surface area (Å²) in [6.45, 7) is 1.71. The van der Waals surface area contributed by atoms with Crippen LogP contribution in [-0.4, -0.2) is 12.1 Å². The molecule has 0 fully saturated rings. The number of hydrazone groups is 1. The quantitative estimate of drug-likeness (QED) is 0.574. The molecule has 6 heteroatoms. The topological polar surface area (TPSA) is 67.7 Å². The Morgan fingerprint density at radius 1 is 1.17 bits per heavy atom. The van der Waals surface area contributed by atoms with E-state index in [9.17, 15) is 4.79 Å². The van der Waals surface area contributed by atoms with Gasteiger partial charge in [-0.1, -0.05) is 11.6 Å². The second-order valence-corrected chi connectivity index (χ2v) is 5.23. The minimum Gasteiger partial charge on any atom is -0.469 e. The molecule has 0 aliphatic rings. The van der Waals surface area contributed by atoms with Gasteiger partial charge in [-0.2, -0.15) is 5.10 Å². The summed E-state index contributed by atoms with van der Waals surface area (Å²) in [7, 11) is 0. The maximum atomic E-state index is 11.8. The van der Waals surface area contributed by atoms with E-state index in [2.05, 4.69) is 10.5 Å². The first-order chi connectivity index (χ1) is 11.1. The molecule has 0 unspecified atom stereocenters. The van der Waals surface area contributed by atoms with E-state index in [0.717, 1.165) is 5.56 Å². The number of carbonyl (C=O) groups is 1. The van der Waals surface area contributed by atoms with Gasteiger partial charge in [-0.3, -0.25) is 4.79 Å². The Balaban J connectivity index is 1.66. The van der Waals surface area contributed by atoms with Crippen molar-refractivity contribution >= 4 is 23.7 Å². The molecular formula is C17H13ClN2O3. The predicted molar refractivity (Wildman–Crippen MR) is 87.7 cm³/mol. The molecule has 0 bridgehead atoms. The lowest BCUT2D eigenvalue weighted by Gasteiger charge is -1.97. The smallest absolute Gasteiger partial charge is 0.274 e. The number of carbonyl (C=O) groups excluding carboxylic acids is 1. The summed E-state index contributed by atoms with van der Waals surface area (Å²) in [6.07, 6.45) is 2.89. The van der Waals surface area contributed by atoms with Gasteiger partial charge in [-0.15, -0.1) is 0 Å². The maximum Gasteiger partial charge on any atom is 0.274 e. The van der Waals surface area contributed by atoms with Crippen LogP contribution in [0.2, 0.25) is 5.02 Å². The van der Waals surface area contributed by atoms with E-state index in [4.69, 9.17) is 20.4 Å². The Morgan fingerprint density at radius 2 is 1.96 bits per heavy atom. The number of furan rings is 2. The Labute approximate surface area is 137 Å². The maximum absolute atomic E-state index is 11.8. The van der Waals surface area contributed by atoms with Crippen LogP contribution in [0.5, 0.6) is 0 Å². The van der Waals surface area contributed by atoms with Gasteiger partial charge in [0.1, 0.15) is 17.3 Å². The van der Waals surface area contributed by atoms with Crippen LogP contribution < -0.4 is 5.43 Å². The molecule has 116 valence electrons. The fraction of sp³-hybridized carbons (Fsp3) is 0.0588. The second-order valence-electron chi connectivity index (χ2n) is 4.80. The monoisotopic (exact) mass is 328 g/mol. The summed E-state index contributed by atoms with van der Waals surface area (Å²) in [5.41, 5.74) is 3.78. The van der Waals surface area contributed by atoms with E-state index in [1.165, 1.54) is 12.5 Å². The van der Waals surface area contributed by atoms with Gasteiger partial charge in [-0.05, 0) is 49.4 Å². The molecule has 2 heterocycles. The number of rotatable bonds is 4.